The highest BCUT2D eigenvalue weighted by atomic mass is 16.5. The number of piperidine rings is 1. The molecule has 0 aromatic heterocycles. The van der Waals surface area contributed by atoms with Crippen LogP contribution in [0.1, 0.15) is 56.0 Å². The Balaban J connectivity index is 1.52. The fourth-order valence-electron chi connectivity index (χ4n) is 3.61. The Kier molecular flexibility index (Phi) is 5.66. The summed E-state index contributed by atoms with van der Waals surface area (Å²) in [6.45, 7) is 9.11. The number of rotatable bonds is 3. The van der Waals surface area contributed by atoms with Crippen LogP contribution in [0.3, 0.4) is 0 Å². The average Bonchev–Trinajstić information content (AvgIpc) is 3.13. The third-order valence-corrected chi connectivity index (χ3v) is 5.43. The lowest BCUT2D eigenvalue weighted by Crippen LogP contribution is -2.45. The molecule has 3 rings (SSSR count). The molecule has 2 fully saturated rings. The monoisotopic (exact) mass is 358 g/mol. The maximum absolute atomic E-state index is 12.7. The van der Waals surface area contributed by atoms with E-state index in [2.05, 4.69) is 26.1 Å². The Morgan fingerprint density at radius 3 is 2.27 bits per heavy atom. The number of hydrogen-bond acceptors (Lipinski definition) is 3. The molecule has 2 saturated heterocycles. The first-order valence-corrected chi connectivity index (χ1v) is 9.62. The van der Waals surface area contributed by atoms with Gasteiger partial charge >= 0.3 is 0 Å². The van der Waals surface area contributed by atoms with Gasteiger partial charge in [-0.05, 0) is 42.4 Å². The molecule has 5 heteroatoms. The molecule has 0 saturated carbocycles. The van der Waals surface area contributed by atoms with E-state index in [9.17, 15) is 9.59 Å². The van der Waals surface area contributed by atoms with Crippen LogP contribution in [0.5, 0.6) is 0 Å². The highest BCUT2D eigenvalue weighted by Gasteiger charge is 2.29. The summed E-state index contributed by atoms with van der Waals surface area (Å²) in [7, 11) is 0. The van der Waals surface area contributed by atoms with Crippen LogP contribution >= 0.6 is 0 Å². The molecular formula is C21H30N2O3. The van der Waals surface area contributed by atoms with Crippen LogP contribution < -0.4 is 5.32 Å². The molecule has 2 amide bonds. The van der Waals surface area contributed by atoms with Crippen molar-refractivity contribution in [3.63, 3.8) is 0 Å². The van der Waals surface area contributed by atoms with E-state index >= 15 is 0 Å². The van der Waals surface area contributed by atoms with Gasteiger partial charge in [-0.25, -0.2) is 0 Å². The molecule has 0 unspecified atom stereocenters. The Morgan fingerprint density at radius 1 is 1.08 bits per heavy atom. The Morgan fingerprint density at radius 2 is 1.73 bits per heavy atom. The summed E-state index contributed by atoms with van der Waals surface area (Å²) in [5.74, 6) is 0.179. The average molecular weight is 358 g/mol. The number of amides is 2. The molecular weight excluding hydrogens is 328 g/mol. The van der Waals surface area contributed by atoms with Gasteiger partial charge in [-0.15, -0.1) is 0 Å². The minimum absolute atomic E-state index is 0.00270. The first kappa shape index (κ1) is 18.9. The molecule has 0 aliphatic carbocycles. The van der Waals surface area contributed by atoms with E-state index in [4.69, 9.17) is 4.74 Å². The molecule has 142 valence electrons. The summed E-state index contributed by atoms with van der Waals surface area (Å²) in [6.07, 6.45) is 2.35. The fourth-order valence-corrected chi connectivity index (χ4v) is 3.61. The molecule has 1 N–H and O–H groups in total. The van der Waals surface area contributed by atoms with Crippen molar-refractivity contribution >= 4 is 11.8 Å². The van der Waals surface area contributed by atoms with Crippen molar-refractivity contribution in [2.24, 2.45) is 5.92 Å². The highest BCUT2D eigenvalue weighted by molar-refractivity contribution is 5.94. The van der Waals surface area contributed by atoms with Gasteiger partial charge in [0.1, 0.15) is 0 Å². The number of hydrogen-bond donors (Lipinski definition) is 1. The number of carbonyl (C=O) groups excluding carboxylic acids is 2. The molecule has 1 aromatic rings. The molecule has 0 bridgehead atoms. The van der Waals surface area contributed by atoms with Crippen molar-refractivity contribution in [3.05, 3.63) is 35.4 Å². The van der Waals surface area contributed by atoms with Crippen molar-refractivity contribution < 1.29 is 14.3 Å². The predicted octanol–water partition coefficient (Wildman–Crippen LogP) is 2.74. The second kappa shape index (κ2) is 7.78. The zero-order valence-electron chi connectivity index (χ0n) is 16.1. The van der Waals surface area contributed by atoms with Crippen molar-refractivity contribution in [3.8, 4) is 0 Å². The highest BCUT2D eigenvalue weighted by Crippen LogP contribution is 2.24. The molecule has 0 spiro atoms. The van der Waals surface area contributed by atoms with E-state index in [1.54, 1.807) is 0 Å². The van der Waals surface area contributed by atoms with Crippen molar-refractivity contribution in [2.75, 3.05) is 26.3 Å². The minimum atomic E-state index is 0.00270. The number of nitrogens with one attached hydrogen (secondary N) is 1. The lowest BCUT2D eigenvalue weighted by molar-refractivity contribution is -0.127. The van der Waals surface area contributed by atoms with E-state index in [1.807, 2.05) is 29.2 Å². The van der Waals surface area contributed by atoms with Gasteiger partial charge in [0.15, 0.2) is 0 Å². The molecule has 2 heterocycles. The van der Waals surface area contributed by atoms with Gasteiger partial charge in [0, 0.05) is 31.2 Å². The number of likely N-dealkylation sites (tertiary alicyclic amines) is 1. The van der Waals surface area contributed by atoms with E-state index in [-0.39, 0.29) is 29.2 Å². The van der Waals surface area contributed by atoms with E-state index in [0.717, 1.165) is 31.4 Å². The van der Waals surface area contributed by atoms with Crippen LogP contribution in [0, 0.1) is 5.92 Å². The number of carbonyl (C=O) groups is 2. The molecule has 1 atom stereocenters. The SMILES string of the molecule is CC(C)(C)c1ccc(C(=O)N2CCC(C(=O)N[C@@H]3CCOC3)CC2)cc1. The molecule has 2 aliphatic heterocycles. The van der Waals surface area contributed by atoms with Gasteiger partial charge in [-0.2, -0.15) is 0 Å². The predicted molar refractivity (Wildman–Crippen MR) is 101 cm³/mol. The normalized spacial score (nSPS) is 21.7. The van der Waals surface area contributed by atoms with Crippen LogP contribution in [-0.2, 0) is 14.9 Å². The Hall–Kier alpha value is -1.88. The molecule has 0 radical (unpaired) electrons. The van der Waals surface area contributed by atoms with Crippen LogP contribution in [0.4, 0.5) is 0 Å². The third-order valence-electron chi connectivity index (χ3n) is 5.43. The van der Waals surface area contributed by atoms with Crippen LogP contribution in [0.15, 0.2) is 24.3 Å². The summed E-state index contributed by atoms with van der Waals surface area (Å²) in [5.41, 5.74) is 2.03. The molecule has 26 heavy (non-hydrogen) atoms. The summed E-state index contributed by atoms with van der Waals surface area (Å²) < 4.78 is 5.30. The van der Waals surface area contributed by atoms with Crippen LogP contribution in [-0.4, -0.2) is 49.1 Å². The fraction of sp³-hybridized carbons (Fsp3) is 0.619. The Bertz CT molecular complexity index is 634. The maximum Gasteiger partial charge on any atom is 0.253 e. The minimum Gasteiger partial charge on any atom is -0.379 e. The van der Waals surface area contributed by atoms with Gasteiger partial charge in [0.25, 0.3) is 5.91 Å². The topological polar surface area (TPSA) is 58.6 Å². The lowest BCUT2D eigenvalue weighted by Gasteiger charge is -2.32. The quantitative estimate of drug-likeness (QED) is 0.904. The van der Waals surface area contributed by atoms with Crippen molar-refractivity contribution in [1.82, 2.24) is 10.2 Å². The second-order valence-electron chi connectivity index (χ2n) is 8.46. The van der Waals surface area contributed by atoms with E-state index in [0.29, 0.717) is 19.7 Å². The van der Waals surface area contributed by atoms with E-state index in [1.165, 1.54) is 5.56 Å². The van der Waals surface area contributed by atoms with Crippen LogP contribution in [0.2, 0.25) is 0 Å². The lowest BCUT2D eigenvalue weighted by atomic mass is 9.86. The zero-order valence-corrected chi connectivity index (χ0v) is 16.1. The van der Waals surface area contributed by atoms with Crippen molar-refractivity contribution in [2.45, 2.75) is 51.5 Å². The maximum atomic E-state index is 12.7. The van der Waals surface area contributed by atoms with Crippen LogP contribution in [0.25, 0.3) is 0 Å². The van der Waals surface area contributed by atoms with Gasteiger partial charge in [0.2, 0.25) is 5.91 Å². The molecule has 5 nitrogen and oxygen atoms in total. The molecule has 2 aliphatic rings. The number of nitrogens with zero attached hydrogens (tertiary/aromatic N) is 1. The first-order chi connectivity index (χ1) is 12.3. The second-order valence-corrected chi connectivity index (χ2v) is 8.46. The number of benzene rings is 1. The zero-order chi connectivity index (χ0) is 18.7. The first-order valence-electron chi connectivity index (χ1n) is 9.62. The van der Waals surface area contributed by atoms with Gasteiger partial charge in [-0.3, -0.25) is 9.59 Å². The summed E-state index contributed by atoms with van der Waals surface area (Å²) in [6, 6.07) is 8.07. The van der Waals surface area contributed by atoms with E-state index < -0.39 is 0 Å². The summed E-state index contributed by atoms with van der Waals surface area (Å²) >= 11 is 0. The standard InChI is InChI=1S/C21H30N2O3/c1-21(2,3)17-6-4-16(5-7-17)20(25)23-11-8-15(9-12-23)19(24)22-18-10-13-26-14-18/h4-7,15,18H,8-14H2,1-3H3,(H,22,24)/t18-/m1/s1. The Labute approximate surface area is 156 Å². The van der Waals surface area contributed by atoms with Gasteiger partial charge in [-0.1, -0.05) is 32.9 Å². The summed E-state index contributed by atoms with van der Waals surface area (Å²) in [4.78, 5) is 27.0. The summed E-state index contributed by atoms with van der Waals surface area (Å²) in [5, 5.41) is 3.08. The number of ether oxygens (including phenoxy) is 1. The third kappa shape index (κ3) is 4.44. The van der Waals surface area contributed by atoms with Crippen molar-refractivity contribution in [1.29, 1.82) is 0 Å². The largest absolute Gasteiger partial charge is 0.379 e. The van der Waals surface area contributed by atoms with Gasteiger partial charge < -0.3 is 15.0 Å². The van der Waals surface area contributed by atoms with Gasteiger partial charge in [0.05, 0.1) is 12.6 Å². The molecule has 1 aromatic carbocycles. The smallest absolute Gasteiger partial charge is 0.253 e.